The highest BCUT2D eigenvalue weighted by Crippen LogP contribution is 2.28. The monoisotopic (exact) mass is 227 g/mol. The van der Waals surface area contributed by atoms with Crippen molar-refractivity contribution in [2.75, 3.05) is 13.1 Å². The Morgan fingerprint density at radius 1 is 1.44 bits per heavy atom. The molecule has 0 aromatic rings. The van der Waals surface area contributed by atoms with Crippen molar-refractivity contribution in [3.63, 3.8) is 0 Å². The van der Waals surface area contributed by atoms with E-state index in [0.29, 0.717) is 5.84 Å². The van der Waals surface area contributed by atoms with E-state index in [1.807, 2.05) is 13.8 Å². The highest BCUT2D eigenvalue weighted by Gasteiger charge is 2.23. The molecule has 0 unspecified atom stereocenters. The summed E-state index contributed by atoms with van der Waals surface area (Å²) in [6.45, 7) is 6.01. The minimum atomic E-state index is -0.224. The van der Waals surface area contributed by atoms with Crippen molar-refractivity contribution in [3.8, 4) is 0 Å². The third kappa shape index (κ3) is 4.00. The van der Waals surface area contributed by atoms with Gasteiger partial charge in [0.25, 0.3) is 0 Å². The van der Waals surface area contributed by atoms with E-state index in [1.54, 1.807) is 0 Å². The van der Waals surface area contributed by atoms with Crippen LogP contribution in [-0.4, -0.2) is 24.1 Å². The van der Waals surface area contributed by atoms with Gasteiger partial charge in [0, 0.05) is 5.41 Å². The molecule has 1 fully saturated rings. The molecule has 16 heavy (non-hydrogen) atoms. The van der Waals surface area contributed by atoms with Crippen LogP contribution in [0.2, 0.25) is 0 Å². The minimum Gasteiger partial charge on any atom is -0.409 e. The third-order valence-corrected chi connectivity index (χ3v) is 3.68. The van der Waals surface area contributed by atoms with Crippen LogP contribution >= 0.6 is 0 Å². The van der Waals surface area contributed by atoms with E-state index >= 15 is 0 Å². The highest BCUT2D eigenvalue weighted by atomic mass is 16.4. The molecular formula is C12H25N3O. The lowest BCUT2D eigenvalue weighted by molar-refractivity contribution is 0.288. The Hall–Kier alpha value is -0.770. The van der Waals surface area contributed by atoms with Crippen molar-refractivity contribution in [2.45, 2.75) is 46.0 Å². The zero-order valence-electron chi connectivity index (χ0n) is 10.5. The van der Waals surface area contributed by atoms with Gasteiger partial charge in [-0.3, -0.25) is 0 Å². The van der Waals surface area contributed by atoms with Crippen LogP contribution in [0.1, 0.15) is 46.0 Å². The van der Waals surface area contributed by atoms with Gasteiger partial charge in [0.1, 0.15) is 5.84 Å². The maximum Gasteiger partial charge on any atom is 0.144 e. The average molecular weight is 227 g/mol. The van der Waals surface area contributed by atoms with Gasteiger partial charge >= 0.3 is 0 Å². The molecule has 0 aromatic carbocycles. The van der Waals surface area contributed by atoms with Gasteiger partial charge in [-0.15, -0.1) is 0 Å². The Morgan fingerprint density at radius 3 is 2.62 bits per heavy atom. The second-order valence-corrected chi connectivity index (χ2v) is 5.45. The van der Waals surface area contributed by atoms with Gasteiger partial charge in [0.15, 0.2) is 0 Å². The minimum absolute atomic E-state index is 0.224. The fraction of sp³-hybridized carbons (Fsp3) is 0.917. The van der Waals surface area contributed by atoms with Crippen LogP contribution in [0.15, 0.2) is 5.16 Å². The van der Waals surface area contributed by atoms with Crippen molar-refractivity contribution < 1.29 is 5.21 Å². The van der Waals surface area contributed by atoms with Gasteiger partial charge in [-0.1, -0.05) is 38.3 Å². The molecule has 0 radical (unpaired) electrons. The molecule has 94 valence electrons. The van der Waals surface area contributed by atoms with Crippen LogP contribution < -0.4 is 11.1 Å². The van der Waals surface area contributed by atoms with E-state index in [-0.39, 0.29) is 5.41 Å². The van der Waals surface area contributed by atoms with Crippen LogP contribution in [0.3, 0.4) is 0 Å². The summed E-state index contributed by atoms with van der Waals surface area (Å²) < 4.78 is 0. The SMILES string of the molecule is CC(C)(CCNCCC1CCC1)C(N)=NO. The van der Waals surface area contributed by atoms with Gasteiger partial charge in [0.05, 0.1) is 0 Å². The first kappa shape index (κ1) is 13.3. The van der Waals surface area contributed by atoms with Crippen molar-refractivity contribution in [3.05, 3.63) is 0 Å². The molecule has 4 N–H and O–H groups in total. The largest absolute Gasteiger partial charge is 0.409 e. The molecule has 0 saturated heterocycles. The van der Waals surface area contributed by atoms with Crippen LogP contribution in [-0.2, 0) is 0 Å². The molecule has 1 aliphatic rings. The predicted octanol–water partition coefficient (Wildman–Crippen LogP) is 1.93. The molecule has 0 aliphatic heterocycles. The quantitative estimate of drug-likeness (QED) is 0.205. The smallest absolute Gasteiger partial charge is 0.144 e. The number of hydrogen-bond acceptors (Lipinski definition) is 3. The molecule has 0 aromatic heterocycles. The summed E-state index contributed by atoms with van der Waals surface area (Å²) in [5, 5.41) is 15.1. The number of rotatable bonds is 7. The zero-order chi connectivity index (χ0) is 12.0. The molecule has 0 bridgehead atoms. The average Bonchev–Trinajstić information content (AvgIpc) is 2.19. The molecule has 1 aliphatic carbocycles. The standard InChI is InChI=1S/C12H25N3O/c1-12(2,11(13)15-16)7-9-14-8-6-10-4-3-5-10/h10,14,16H,3-9H2,1-2H3,(H2,13,15). The van der Waals surface area contributed by atoms with Crippen molar-refractivity contribution in [1.29, 1.82) is 0 Å². The Labute approximate surface area is 98.3 Å². The maximum absolute atomic E-state index is 8.63. The predicted molar refractivity (Wildman–Crippen MR) is 66.6 cm³/mol. The summed E-state index contributed by atoms with van der Waals surface area (Å²) in [6, 6.07) is 0. The van der Waals surface area contributed by atoms with Gasteiger partial charge < -0.3 is 16.3 Å². The topological polar surface area (TPSA) is 70.6 Å². The van der Waals surface area contributed by atoms with E-state index in [4.69, 9.17) is 10.9 Å². The molecule has 1 rings (SSSR count). The Kier molecular flexibility index (Phi) is 5.06. The molecule has 0 amide bonds. The van der Waals surface area contributed by atoms with Crippen LogP contribution in [0.25, 0.3) is 0 Å². The number of nitrogens with one attached hydrogen (secondary N) is 1. The van der Waals surface area contributed by atoms with Crippen molar-refractivity contribution in [1.82, 2.24) is 5.32 Å². The highest BCUT2D eigenvalue weighted by molar-refractivity contribution is 5.85. The second-order valence-electron chi connectivity index (χ2n) is 5.45. The molecule has 0 atom stereocenters. The van der Waals surface area contributed by atoms with Gasteiger partial charge in [-0.2, -0.15) is 0 Å². The molecule has 0 spiro atoms. The molecular weight excluding hydrogens is 202 g/mol. The maximum atomic E-state index is 8.63. The normalized spacial score (nSPS) is 18.5. The molecule has 4 nitrogen and oxygen atoms in total. The van der Waals surface area contributed by atoms with Gasteiger partial charge in [0.2, 0.25) is 0 Å². The number of hydrogen-bond donors (Lipinski definition) is 3. The first-order valence-electron chi connectivity index (χ1n) is 6.25. The van der Waals surface area contributed by atoms with Gasteiger partial charge in [-0.25, -0.2) is 0 Å². The lowest BCUT2D eigenvalue weighted by Crippen LogP contribution is -2.35. The summed E-state index contributed by atoms with van der Waals surface area (Å²) in [4.78, 5) is 0. The Morgan fingerprint density at radius 2 is 2.12 bits per heavy atom. The van der Waals surface area contributed by atoms with Crippen molar-refractivity contribution >= 4 is 5.84 Å². The Bertz CT molecular complexity index is 234. The van der Waals surface area contributed by atoms with E-state index in [2.05, 4.69) is 10.5 Å². The van der Waals surface area contributed by atoms with E-state index < -0.39 is 0 Å². The van der Waals surface area contributed by atoms with Gasteiger partial charge in [-0.05, 0) is 31.8 Å². The second kappa shape index (κ2) is 6.09. The first-order chi connectivity index (χ1) is 7.56. The van der Waals surface area contributed by atoms with Crippen LogP contribution in [0.4, 0.5) is 0 Å². The summed E-state index contributed by atoms with van der Waals surface area (Å²) in [5.74, 6) is 1.28. The molecule has 1 saturated carbocycles. The fourth-order valence-corrected chi connectivity index (χ4v) is 1.88. The van der Waals surface area contributed by atoms with Crippen LogP contribution in [0.5, 0.6) is 0 Å². The number of nitrogens with zero attached hydrogens (tertiary/aromatic N) is 1. The molecule has 4 heteroatoms. The van der Waals surface area contributed by atoms with E-state index in [9.17, 15) is 0 Å². The lowest BCUT2D eigenvalue weighted by atomic mass is 9.83. The number of oxime groups is 1. The Balaban J connectivity index is 2.05. The summed E-state index contributed by atoms with van der Waals surface area (Å²) >= 11 is 0. The lowest BCUT2D eigenvalue weighted by Gasteiger charge is -2.26. The summed E-state index contributed by atoms with van der Waals surface area (Å²) in [6.07, 6.45) is 6.44. The zero-order valence-corrected chi connectivity index (χ0v) is 10.5. The fourth-order valence-electron chi connectivity index (χ4n) is 1.88. The number of nitrogens with two attached hydrogens (primary N) is 1. The first-order valence-corrected chi connectivity index (χ1v) is 6.25. The van der Waals surface area contributed by atoms with E-state index in [1.165, 1.54) is 25.7 Å². The van der Waals surface area contributed by atoms with Crippen LogP contribution in [0, 0.1) is 11.3 Å². The third-order valence-electron chi connectivity index (χ3n) is 3.68. The molecule has 0 heterocycles. The summed E-state index contributed by atoms with van der Waals surface area (Å²) in [5.41, 5.74) is 5.39. The summed E-state index contributed by atoms with van der Waals surface area (Å²) in [7, 11) is 0. The van der Waals surface area contributed by atoms with Crippen molar-refractivity contribution in [2.24, 2.45) is 22.2 Å². The van der Waals surface area contributed by atoms with E-state index in [0.717, 1.165) is 25.4 Å². The number of amidine groups is 1.